The zero-order valence-corrected chi connectivity index (χ0v) is 46.2. The number of aliphatic hydroxyl groups is 1. The number of ether oxygens (including phenoxy) is 6. The second-order valence-electron chi connectivity index (χ2n) is 19.7. The van der Waals surface area contributed by atoms with Crippen molar-refractivity contribution in [2.24, 2.45) is 5.41 Å². The van der Waals surface area contributed by atoms with Crippen molar-refractivity contribution < 1.29 is 57.1 Å². The molecule has 77 heavy (non-hydrogen) atoms. The van der Waals surface area contributed by atoms with E-state index in [1.54, 1.807) is 33.9 Å². The van der Waals surface area contributed by atoms with Gasteiger partial charge in [0.15, 0.2) is 17.3 Å². The Morgan fingerprint density at radius 3 is 2.17 bits per heavy atom. The van der Waals surface area contributed by atoms with Gasteiger partial charge in [-0.1, -0.05) is 68.2 Å². The highest BCUT2D eigenvalue weighted by Crippen LogP contribution is 2.38. The van der Waals surface area contributed by atoms with E-state index in [-0.39, 0.29) is 98.3 Å². The molecule has 0 unspecified atom stereocenters. The van der Waals surface area contributed by atoms with Crippen LogP contribution in [0.3, 0.4) is 0 Å². The fraction of sp³-hybridized carbons (Fsp3) is 0.500. The molecule has 4 N–H and O–H groups in total. The molecule has 23 heteroatoms. The van der Waals surface area contributed by atoms with Crippen molar-refractivity contribution in [2.75, 3.05) is 84.9 Å². The van der Waals surface area contributed by atoms with Crippen molar-refractivity contribution in [1.29, 1.82) is 0 Å². The van der Waals surface area contributed by atoms with Gasteiger partial charge in [-0.2, -0.15) is 0 Å². The lowest BCUT2D eigenvalue weighted by Gasteiger charge is -2.35. The minimum Gasteiger partial charge on any atom is -0.493 e. The molecule has 0 spiro atoms. The van der Waals surface area contributed by atoms with Crippen LogP contribution >= 0.6 is 34.5 Å². The number of carbonyl (C=O) groups excluding carboxylic acids is 4. The number of nitrogens with one attached hydrogen (secondary N) is 3. The molecule has 7 rings (SSSR count). The number of fused-ring (bicyclic) bond motifs is 1. The number of hydrogen-bond acceptors (Lipinski definition) is 16. The summed E-state index contributed by atoms with van der Waals surface area (Å²) >= 11 is 13.6. The van der Waals surface area contributed by atoms with Crippen molar-refractivity contribution in [1.82, 2.24) is 35.4 Å². The zero-order chi connectivity index (χ0) is 55.1. The molecule has 3 aromatic carbocycles. The van der Waals surface area contributed by atoms with Gasteiger partial charge < -0.3 is 59.3 Å². The van der Waals surface area contributed by atoms with Crippen LogP contribution in [0.4, 0.5) is 15.9 Å². The van der Waals surface area contributed by atoms with E-state index in [0.29, 0.717) is 80.6 Å². The van der Waals surface area contributed by atoms with Gasteiger partial charge in [-0.05, 0) is 41.7 Å². The van der Waals surface area contributed by atoms with Gasteiger partial charge in [0.05, 0.1) is 110 Å². The number of aryl methyl sites for hydroxylation is 1. The predicted octanol–water partition coefficient (Wildman–Crippen LogP) is 7.29. The number of carbonyl (C=O) groups is 4. The number of halogens is 3. The molecule has 2 aliphatic rings. The highest BCUT2D eigenvalue weighted by molar-refractivity contribution is 7.13. The lowest BCUT2D eigenvalue weighted by Crippen LogP contribution is -2.57. The van der Waals surface area contributed by atoms with Gasteiger partial charge in [0, 0.05) is 63.3 Å². The topological polar surface area (TPSA) is 225 Å². The SMILES string of the molecule is COc1cc2ncnc(Nc3ccc(Cl)c(Cl)c3F)c2cc1OC1CCN(C(=O)CCOCCOCCOCCOCCC(=O)N[C@@H](C(=O)N2C[C@H](O)C[C@H]2C(=O)NCc2ccc(-c3scnc3C)cc2)C(C)(C)C)CC1. The monoisotopic (exact) mass is 1120 g/mol. The minimum atomic E-state index is -0.947. The van der Waals surface area contributed by atoms with E-state index in [2.05, 4.69) is 30.9 Å². The van der Waals surface area contributed by atoms with E-state index < -0.39 is 35.3 Å². The van der Waals surface area contributed by atoms with Crippen LogP contribution in [-0.4, -0.2) is 157 Å². The van der Waals surface area contributed by atoms with E-state index in [0.717, 1.165) is 21.7 Å². The van der Waals surface area contributed by atoms with Crippen LogP contribution in [0.1, 0.15) is 64.1 Å². The number of rotatable bonds is 26. The molecule has 4 amide bonds. The summed E-state index contributed by atoms with van der Waals surface area (Å²) in [4.78, 5) is 70.6. The van der Waals surface area contributed by atoms with Crippen molar-refractivity contribution in [3.63, 3.8) is 0 Å². The summed E-state index contributed by atoms with van der Waals surface area (Å²) < 4.78 is 49.3. The number of thiazole rings is 1. The first kappa shape index (κ1) is 58.9. The van der Waals surface area contributed by atoms with E-state index in [4.69, 9.17) is 51.6 Å². The molecule has 416 valence electrons. The minimum absolute atomic E-state index is 0.00573. The molecular formula is C54H67Cl2FN8O11S. The first-order valence-corrected chi connectivity index (χ1v) is 27.2. The summed E-state index contributed by atoms with van der Waals surface area (Å²) in [6, 6.07) is 12.4. The van der Waals surface area contributed by atoms with Gasteiger partial charge in [0.1, 0.15) is 30.3 Å². The molecule has 2 fully saturated rings. The third-order valence-electron chi connectivity index (χ3n) is 13.1. The van der Waals surface area contributed by atoms with E-state index in [9.17, 15) is 28.7 Å². The quantitative estimate of drug-likeness (QED) is 0.0315. The average molecular weight is 1130 g/mol. The normalized spacial score (nSPS) is 16.4. The number of likely N-dealkylation sites (tertiary alicyclic amines) is 2. The van der Waals surface area contributed by atoms with Crippen LogP contribution in [0.5, 0.6) is 11.5 Å². The maximum atomic E-state index is 14.9. The van der Waals surface area contributed by atoms with E-state index >= 15 is 0 Å². The number of nitrogens with zero attached hydrogens (tertiary/aromatic N) is 5. The lowest BCUT2D eigenvalue weighted by molar-refractivity contribution is -0.144. The highest BCUT2D eigenvalue weighted by atomic mass is 35.5. The molecule has 2 aromatic heterocycles. The lowest BCUT2D eigenvalue weighted by atomic mass is 9.85. The average Bonchev–Trinajstić information content (AvgIpc) is 4.05. The molecule has 0 aliphatic carbocycles. The number of aliphatic hydroxyl groups excluding tert-OH is 1. The molecule has 2 aliphatic heterocycles. The van der Waals surface area contributed by atoms with Gasteiger partial charge in [-0.15, -0.1) is 11.3 Å². The third-order valence-corrected chi connectivity index (χ3v) is 14.8. The first-order valence-electron chi connectivity index (χ1n) is 25.5. The van der Waals surface area contributed by atoms with Gasteiger partial charge in [0.2, 0.25) is 23.6 Å². The molecule has 0 bridgehead atoms. The van der Waals surface area contributed by atoms with Crippen molar-refractivity contribution in [2.45, 2.75) is 90.6 Å². The molecule has 5 aromatic rings. The largest absolute Gasteiger partial charge is 0.493 e. The van der Waals surface area contributed by atoms with Crippen LogP contribution in [0.15, 0.2) is 60.4 Å². The molecule has 0 saturated carbocycles. The maximum absolute atomic E-state index is 14.9. The number of amides is 4. The maximum Gasteiger partial charge on any atom is 0.246 e. The first-order chi connectivity index (χ1) is 37.0. The van der Waals surface area contributed by atoms with Gasteiger partial charge in [-0.3, -0.25) is 19.2 Å². The number of anilines is 2. The smallest absolute Gasteiger partial charge is 0.246 e. The highest BCUT2D eigenvalue weighted by Gasteiger charge is 2.44. The number of benzene rings is 3. The summed E-state index contributed by atoms with van der Waals surface area (Å²) in [5, 5.41) is 19.8. The number of β-amino-alcohol motifs (C(OH)–C–C–N with tert-alkyl or cyclic N) is 1. The summed E-state index contributed by atoms with van der Waals surface area (Å²) in [7, 11) is 1.53. The van der Waals surface area contributed by atoms with E-state index in [1.807, 2.05) is 52.0 Å². The summed E-state index contributed by atoms with van der Waals surface area (Å²) in [5.74, 6) is -0.643. The Kier molecular flexibility index (Phi) is 21.6. The van der Waals surface area contributed by atoms with Crippen LogP contribution < -0.4 is 25.4 Å². The van der Waals surface area contributed by atoms with Crippen LogP contribution in [0, 0.1) is 18.2 Å². The third kappa shape index (κ3) is 16.4. The second kappa shape index (κ2) is 28.2. The Morgan fingerprint density at radius 2 is 1.53 bits per heavy atom. The number of piperidine rings is 1. The van der Waals surface area contributed by atoms with E-state index in [1.165, 1.54) is 30.5 Å². The van der Waals surface area contributed by atoms with Crippen molar-refractivity contribution in [3.8, 4) is 21.9 Å². The molecule has 0 radical (unpaired) electrons. The van der Waals surface area contributed by atoms with Gasteiger partial charge in [0.25, 0.3) is 0 Å². The van der Waals surface area contributed by atoms with Crippen LogP contribution in [0.2, 0.25) is 10.0 Å². The van der Waals surface area contributed by atoms with Crippen LogP contribution in [0.25, 0.3) is 21.3 Å². The van der Waals surface area contributed by atoms with Crippen molar-refractivity contribution >= 4 is 80.6 Å². The number of aromatic nitrogens is 3. The molecule has 19 nitrogen and oxygen atoms in total. The van der Waals surface area contributed by atoms with Gasteiger partial charge >= 0.3 is 0 Å². The predicted molar refractivity (Wildman–Crippen MR) is 290 cm³/mol. The Morgan fingerprint density at radius 1 is 0.870 bits per heavy atom. The summed E-state index contributed by atoms with van der Waals surface area (Å²) in [6.07, 6.45) is 1.83. The standard InChI is InChI=1S/C54H67Cl2FN8O11S/c1-33-49(77-32-61-33)35-8-6-34(7-9-35)29-58-52(69)42-26-36(66)30-65(42)53(70)50(54(2,3)4)63-45(67)14-18-72-20-22-74-24-25-75-23-21-73-19-15-46(68)64-16-12-37(13-17-64)76-44-27-38-41(28-43(44)71-5)59-31-60-51(38)62-40-11-10-39(55)47(56)48(40)57/h6-11,27-28,31-32,36-37,42,50,66H,12-26,29-30H2,1-5H3,(H,58,69)(H,63,67)(H,59,60,62)/t36-,42+,50+/m1/s1. The Hall–Kier alpha value is -5.78. The Bertz CT molecular complexity index is 2800. The molecule has 3 atom stereocenters. The Balaban J connectivity index is 0.715. The Labute approximate surface area is 461 Å². The zero-order valence-electron chi connectivity index (χ0n) is 43.9. The summed E-state index contributed by atoms with van der Waals surface area (Å²) in [6.45, 7) is 10.9. The number of hydrogen-bond donors (Lipinski definition) is 4. The van der Waals surface area contributed by atoms with Gasteiger partial charge in [-0.25, -0.2) is 19.3 Å². The molecule has 2 saturated heterocycles. The number of methoxy groups -OCH3 is 1. The summed E-state index contributed by atoms with van der Waals surface area (Å²) in [5.41, 5.74) is 4.65. The fourth-order valence-corrected chi connectivity index (χ4v) is 9.95. The molecular weight excluding hydrogens is 1060 g/mol. The second-order valence-corrected chi connectivity index (χ2v) is 21.3. The van der Waals surface area contributed by atoms with Crippen molar-refractivity contribution in [3.05, 3.63) is 87.5 Å². The molecule has 4 heterocycles. The fourth-order valence-electron chi connectivity index (χ4n) is 8.83. The van der Waals surface area contributed by atoms with Crippen LogP contribution in [-0.2, 0) is 44.7 Å².